The molecule has 5 heteroatoms. The first-order valence-electron chi connectivity index (χ1n) is 3.60. The van der Waals surface area contributed by atoms with E-state index in [0.717, 1.165) is 6.20 Å². The van der Waals surface area contributed by atoms with Crippen LogP contribution < -0.4 is 0 Å². The number of hydrogen-bond donors (Lipinski definition) is 0. The van der Waals surface area contributed by atoms with Crippen LogP contribution in [-0.2, 0) is 6.18 Å². The number of nitrogens with zero attached hydrogens (tertiary/aromatic N) is 1. The van der Waals surface area contributed by atoms with E-state index < -0.39 is 12.1 Å². The summed E-state index contributed by atoms with van der Waals surface area (Å²) in [6, 6.07) is 0. The molecule has 0 saturated heterocycles. The molecule has 1 aromatic rings. The molecular formula is C8H8F3NO. The Bertz CT molecular complexity index is 303. The number of rotatable bonds is 2. The van der Waals surface area contributed by atoms with Crippen molar-refractivity contribution < 1.29 is 17.6 Å². The number of allylic oxidation sites excluding steroid dienone is 1. The molecular weight excluding hydrogens is 183 g/mol. The van der Waals surface area contributed by atoms with Gasteiger partial charge in [0, 0.05) is 5.92 Å². The second-order valence-electron chi connectivity index (χ2n) is 2.59. The van der Waals surface area contributed by atoms with E-state index in [4.69, 9.17) is 0 Å². The fourth-order valence-corrected chi connectivity index (χ4v) is 0.744. The average Bonchev–Trinajstić information content (AvgIpc) is 2.50. The zero-order valence-corrected chi connectivity index (χ0v) is 6.93. The molecule has 0 saturated carbocycles. The van der Waals surface area contributed by atoms with Crippen molar-refractivity contribution in [2.75, 3.05) is 0 Å². The van der Waals surface area contributed by atoms with Crippen molar-refractivity contribution in [1.29, 1.82) is 0 Å². The Morgan fingerprint density at radius 2 is 2.23 bits per heavy atom. The summed E-state index contributed by atoms with van der Waals surface area (Å²) < 4.78 is 40.5. The SMILES string of the molecule is C=CC(C)c1cnc(C(F)(F)F)o1. The van der Waals surface area contributed by atoms with Crippen molar-refractivity contribution in [3.8, 4) is 0 Å². The third-order valence-corrected chi connectivity index (χ3v) is 1.57. The molecule has 72 valence electrons. The average molecular weight is 191 g/mol. The van der Waals surface area contributed by atoms with Crippen molar-refractivity contribution in [3.63, 3.8) is 0 Å². The van der Waals surface area contributed by atoms with Gasteiger partial charge in [-0.15, -0.1) is 6.58 Å². The number of halogens is 3. The standard InChI is InChI=1S/C8H8F3NO/c1-3-5(2)6-4-12-7(13-6)8(9,10)11/h3-5H,1H2,2H3. The lowest BCUT2D eigenvalue weighted by atomic mass is 10.1. The lowest BCUT2D eigenvalue weighted by molar-refractivity contribution is -0.157. The molecule has 0 fully saturated rings. The van der Waals surface area contributed by atoms with Crippen molar-refractivity contribution >= 4 is 0 Å². The van der Waals surface area contributed by atoms with Crippen molar-refractivity contribution in [3.05, 3.63) is 30.5 Å². The Labute approximate surface area is 73.1 Å². The summed E-state index contributed by atoms with van der Waals surface area (Å²) >= 11 is 0. The topological polar surface area (TPSA) is 26.0 Å². The van der Waals surface area contributed by atoms with Crippen LogP contribution in [0.3, 0.4) is 0 Å². The van der Waals surface area contributed by atoms with Gasteiger partial charge in [-0.25, -0.2) is 4.98 Å². The Balaban J connectivity index is 2.93. The minimum absolute atomic E-state index is 0.169. The van der Waals surface area contributed by atoms with Gasteiger partial charge in [0.2, 0.25) is 0 Å². The third-order valence-electron chi connectivity index (χ3n) is 1.57. The Kier molecular flexibility index (Phi) is 2.45. The van der Waals surface area contributed by atoms with Gasteiger partial charge in [0.1, 0.15) is 5.76 Å². The molecule has 2 nitrogen and oxygen atoms in total. The van der Waals surface area contributed by atoms with E-state index >= 15 is 0 Å². The van der Waals surface area contributed by atoms with Gasteiger partial charge in [0.25, 0.3) is 0 Å². The van der Waals surface area contributed by atoms with Crippen LogP contribution >= 0.6 is 0 Å². The maximum absolute atomic E-state index is 12.0. The highest BCUT2D eigenvalue weighted by molar-refractivity contribution is 5.07. The van der Waals surface area contributed by atoms with Crippen molar-refractivity contribution in [1.82, 2.24) is 4.98 Å². The number of aromatic nitrogens is 1. The fourth-order valence-electron chi connectivity index (χ4n) is 0.744. The maximum atomic E-state index is 12.0. The zero-order valence-electron chi connectivity index (χ0n) is 6.93. The summed E-state index contributed by atoms with van der Waals surface area (Å²) in [7, 11) is 0. The molecule has 0 spiro atoms. The second kappa shape index (κ2) is 3.24. The van der Waals surface area contributed by atoms with Crippen LogP contribution in [-0.4, -0.2) is 4.98 Å². The van der Waals surface area contributed by atoms with Gasteiger partial charge < -0.3 is 4.42 Å². The molecule has 0 aliphatic rings. The lowest BCUT2D eigenvalue weighted by Crippen LogP contribution is -2.04. The van der Waals surface area contributed by atoms with Crippen LogP contribution in [0, 0.1) is 0 Å². The van der Waals surface area contributed by atoms with Gasteiger partial charge in [-0.1, -0.05) is 13.0 Å². The van der Waals surface area contributed by atoms with Crippen LogP contribution in [0.2, 0.25) is 0 Å². The molecule has 0 radical (unpaired) electrons. The smallest absolute Gasteiger partial charge is 0.437 e. The van der Waals surface area contributed by atoms with Gasteiger partial charge >= 0.3 is 12.1 Å². The monoisotopic (exact) mass is 191 g/mol. The fraction of sp³-hybridized carbons (Fsp3) is 0.375. The Morgan fingerprint density at radius 1 is 1.62 bits per heavy atom. The molecule has 0 amide bonds. The molecule has 0 aromatic carbocycles. The van der Waals surface area contributed by atoms with Crippen LogP contribution in [0.15, 0.2) is 23.3 Å². The summed E-state index contributed by atoms with van der Waals surface area (Å²) in [5.41, 5.74) is 0. The minimum Gasteiger partial charge on any atom is -0.437 e. The first kappa shape index (κ1) is 9.83. The summed E-state index contributed by atoms with van der Waals surface area (Å²) in [5.74, 6) is -1.30. The maximum Gasteiger partial charge on any atom is 0.468 e. The summed E-state index contributed by atoms with van der Waals surface area (Å²) in [6.07, 6.45) is -1.96. The highest BCUT2D eigenvalue weighted by atomic mass is 19.4. The normalized spacial score (nSPS) is 14.2. The van der Waals surface area contributed by atoms with Gasteiger partial charge in [-0.2, -0.15) is 13.2 Å². The minimum atomic E-state index is -4.51. The van der Waals surface area contributed by atoms with E-state index in [0.29, 0.717) is 0 Å². The van der Waals surface area contributed by atoms with E-state index in [-0.39, 0.29) is 11.7 Å². The highest BCUT2D eigenvalue weighted by Crippen LogP contribution is 2.30. The second-order valence-corrected chi connectivity index (χ2v) is 2.59. The van der Waals surface area contributed by atoms with E-state index in [1.165, 1.54) is 6.08 Å². The molecule has 0 bridgehead atoms. The number of hydrogen-bond acceptors (Lipinski definition) is 2. The molecule has 0 N–H and O–H groups in total. The van der Waals surface area contributed by atoms with Gasteiger partial charge in [-0.05, 0) is 0 Å². The quantitative estimate of drug-likeness (QED) is 0.671. The molecule has 0 aliphatic carbocycles. The van der Waals surface area contributed by atoms with Crippen molar-refractivity contribution in [2.24, 2.45) is 0 Å². The Hall–Kier alpha value is -1.26. The van der Waals surface area contributed by atoms with Gasteiger partial charge in [0.05, 0.1) is 6.20 Å². The van der Waals surface area contributed by atoms with E-state index in [1.807, 2.05) is 0 Å². The highest BCUT2D eigenvalue weighted by Gasteiger charge is 2.37. The van der Waals surface area contributed by atoms with E-state index in [2.05, 4.69) is 16.0 Å². The van der Waals surface area contributed by atoms with Crippen molar-refractivity contribution in [2.45, 2.75) is 19.0 Å². The van der Waals surface area contributed by atoms with Gasteiger partial charge in [-0.3, -0.25) is 0 Å². The Morgan fingerprint density at radius 3 is 2.62 bits per heavy atom. The van der Waals surface area contributed by atoms with Crippen LogP contribution in [0.5, 0.6) is 0 Å². The van der Waals surface area contributed by atoms with Crippen LogP contribution in [0.4, 0.5) is 13.2 Å². The van der Waals surface area contributed by atoms with Crippen LogP contribution in [0.25, 0.3) is 0 Å². The number of alkyl halides is 3. The molecule has 1 rings (SSSR count). The lowest BCUT2D eigenvalue weighted by Gasteiger charge is -2.01. The molecule has 13 heavy (non-hydrogen) atoms. The van der Waals surface area contributed by atoms with E-state index in [1.54, 1.807) is 6.92 Å². The molecule has 0 aliphatic heterocycles. The third kappa shape index (κ3) is 2.11. The molecule has 1 heterocycles. The predicted molar refractivity (Wildman–Crippen MR) is 40.1 cm³/mol. The number of oxazole rings is 1. The van der Waals surface area contributed by atoms with Gasteiger partial charge in [0.15, 0.2) is 0 Å². The zero-order chi connectivity index (χ0) is 10.1. The first-order valence-corrected chi connectivity index (χ1v) is 3.60. The first-order chi connectivity index (χ1) is 5.95. The molecule has 1 unspecified atom stereocenters. The summed E-state index contributed by atoms with van der Waals surface area (Å²) in [4.78, 5) is 3.12. The molecule has 1 atom stereocenters. The van der Waals surface area contributed by atoms with Crippen LogP contribution in [0.1, 0.15) is 24.5 Å². The largest absolute Gasteiger partial charge is 0.468 e. The predicted octanol–water partition coefficient (Wildman–Crippen LogP) is 2.98. The van der Waals surface area contributed by atoms with E-state index in [9.17, 15) is 13.2 Å². The molecule has 1 aromatic heterocycles. The summed E-state index contributed by atoms with van der Waals surface area (Å²) in [6.45, 7) is 5.11. The summed E-state index contributed by atoms with van der Waals surface area (Å²) in [5, 5.41) is 0.